The Morgan fingerprint density at radius 3 is 2.67 bits per heavy atom. The van der Waals surface area contributed by atoms with Crippen LogP contribution in [0.15, 0.2) is 28.8 Å². The zero-order valence-electron chi connectivity index (χ0n) is 10.8. The summed E-state index contributed by atoms with van der Waals surface area (Å²) in [5.41, 5.74) is -1.26. The highest BCUT2D eigenvalue weighted by molar-refractivity contribution is 5.66. The summed E-state index contributed by atoms with van der Waals surface area (Å²) in [7, 11) is 0. The lowest BCUT2D eigenvalue weighted by molar-refractivity contribution is -0.137. The van der Waals surface area contributed by atoms with Crippen LogP contribution in [-0.2, 0) is 11.3 Å². The van der Waals surface area contributed by atoms with Gasteiger partial charge in [-0.15, -0.1) is 0 Å². The third kappa shape index (κ3) is 3.41. The van der Waals surface area contributed by atoms with Crippen LogP contribution in [0.4, 0.5) is 19.0 Å². The second-order valence-corrected chi connectivity index (χ2v) is 4.50. The summed E-state index contributed by atoms with van der Waals surface area (Å²) in [4.78, 5) is 27.9. The Balaban J connectivity index is 2.23. The molecule has 0 fully saturated rings. The highest BCUT2D eigenvalue weighted by Crippen LogP contribution is 2.30. The number of carboxylic acid groups (broad SMARTS) is 1. The van der Waals surface area contributed by atoms with Crippen molar-refractivity contribution in [3.05, 3.63) is 34.4 Å². The molecule has 9 heteroatoms. The van der Waals surface area contributed by atoms with Crippen molar-refractivity contribution in [2.24, 2.45) is 0 Å². The highest BCUT2D eigenvalue weighted by atomic mass is 19.4. The zero-order valence-corrected chi connectivity index (χ0v) is 10.8. The summed E-state index contributed by atoms with van der Waals surface area (Å²) < 4.78 is 38.5. The van der Waals surface area contributed by atoms with Crippen LogP contribution in [0.2, 0.25) is 0 Å². The first-order valence-corrected chi connectivity index (χ1v) is 6.07. The number of aliphatic carboxylic acids is 1. The Morgan fingerprint density at radius 2 is 2.14 bits per heavy atom. The standard InChI is InChI=1S/C12H12F3N3O3/c13-12(14,15)8-1-4-17(5-2-8)10-11(21)18(6-3-16-10)7-9(19)20/h1,3,6H,2,4-5,7H2,(H,19,20). The maximum atomic E-state index is 12.5. The van der Waals surface area contributed by atoms with Gasteiger partial charge in [-0.25, -0.2) is 4.98 Å². The van der Waals surface area contributed by atoms with E-state index in [1.54, 1.807) is 0 Å². The van der Waals surface area contributed by atoms with Crippen molar-refractivity contribution < 1.29 is 23.1 Å². The minimum absolute atomic E-state index is 0.00463. The number of anilines is 1. The Hall–Kier alpha value is -2.32. The van der Waals surface area contributed by atoms with Gasteiger partial charge in [-0.1, -0.05) is 6.08 Å². The average molecular weight is 303 g/mol. The normalized spacial score (nSPS) is 15.8. The molecule has 1 aliphatic heterocycles. The van der Waals surface area contributed by atoms with E-state index in [2.05, 4.69) is 4.98 Å². The van der Waals surface area contributed by atoms with E-state index in [0.717, 1.165) is 10.6 Å². The van der Waals surface area contributed by atoms with Crippen molar-refractivity contribution in [3.63, 3.8) is 0 Å². The molecule has 0 aliphatic carbocycles. The van der Waals surface area contributed by atoms with E-state index in [0.29, 0.717) is 0 Å². The number of hydrogen-bond acceptors (Lipinski definition) is 4. The smallest absolute Gasteiger partial charge is 0.412 e. The Labute approximate surface area is 117 Å². The van der Waals surface area contributed by atoms with Gasteiger partial charge in [0.15, 0.2) is 5.82 Å². The molecule has 0 atom stereocenters. The second kappa shape index (κ2) is 5.58. The van der Waals surface area contributed by atoms with Gasteiger partial charge in [-0.2, -0.15) is 13.2 Å². The number of carboxylic acids is 1. The Bertz CT molecular complexity index is 637. The van der Waals surface area contributed by atoms with Crippen LogP contribution in [0.5, 0.6) is 0 Å². The molecule has 1 N–H and O–H groups in total. The molecule has 1 aromatic rings. The molecular formula is C12H12F3N3O3. The van der Waals surface area contributed by atoms with E-state index in [1.165, 1.54) is 17.3 Å². The van der Waals surface area contributed by atoms with Gasteiger partial charge in [-0.3, -0.25) is 14.2 Å². The van der Waals surface area contributed by atoms with Gasteiger partial charge >= 0.3 is 12.1 Å². The molecule has 0 amide bonds. The molecule has 0 saturated heterocycles. The van der Waals surface area contributed by atoms with Crippen molar-refractivity contribution in [2.45, 2.75) is 19.1 Å². The molecule has 6 nitrogen and oxygen atoms in total. The summed E-state index contributed by atoms with van der Waals surface area (Å²) in [5.74, 6) is -1.23. The summed E-state index contributed by atoms with van der Waals surface area (Å²) in [6, 6.07) is 0. The van der Waals surface area contributed by atoms with E-state index in [4.69, 9.17) is 5.11 Å². The van der Waals surface area contributed by atoms with Crippen molar-refractivity contribution >= 4 is 11.8 Å². The first-order valence-electron chi connectivity index (χ1n) is 6.07. The molecule has 0 unspecified atom stereocenters. The number of aromatic nitrogens is 2. The van der Waals surface area contributed by atoms with Crippen LogP contribution in [0.25, 0.3) is 0 Å². The van der Waals surface area contributed by atoms with Crippen LogP contribution in [0.1, 0.15) is 6.42 Å². The largest absolute Gasteiger partial charge is 0.480 e. The predicted octanol–water partition coefficient (Wildman–Crippen LogP) is 1.03. The fourth-order valence-corrected chi connectivity index (χ4v) is 2.04. The van der Waals surface area contributed by atoms with E-state index in [1.807, 2.05) is 0 Å². The topological polar surface area (TPSA) is 75.4 Å². The van der Waals surface area contributed by atoms with Crippen LogP contribution < -0.4 is 10.5 Å². The summed E-state index contributed by atoms with van der Waals surface area (Å²) in [5, 5.41) is 8.69. The first kappa shape index (κ1) is 15.1. The molecule has 21 heavy (non-hydrogen) atoms. The molecule has 0 radical (unpaired) electrons. The molecule has 0 saturated carbocycles. The molecule has 0 spiro atoms. The molecule has 0 aromatic carbocycles. The number of rotatable bonds is 3. The zero-order chi connectivity index (χ0) is 15.6. The van der Waals surface area contributed by atoms with Crippen LogP contribution >= 0.6 is 0 Å². The maximum absolute atomic E-state index is 12.5. The lowest BCUT2D eigenvalue weighted by atomic mass is 10.1. The van der Waals surface area contributed by atoms with Gasteiger partial charge in [0.1, 0.15) is 6.54 Å². The van der Waals surface area contributed by atoms with Crippen molar-refractivity contribution in [1.29, 1.82) is 0 Å². The van der Waals surface area contributed by atoms with Crippen LogP contribution in [0, 0.1) is 0 Å². The summed E-state index contributed by atoms with van der Waals surface area (Å²) in [6.07, 6.45) is -1.11. The number of alkyl halides is 3. The Morgan fingerprint density at radius 1 is 1.43 bits per heavy atom. The van der Waals surface area contributed by atoms with Gasteiger partial charge in [0.2, 0.25) is 0 Å². The van der Waals surface area contributed by atoms with Gasteiger partial charge in [0.25, 0.3) is 5.56 Å². The third-order valence-corrected chi connectivity index (χ3v) is 3.07. The van der Waals surface area contributed by atoms with E-state index < -0.39 is 29.8 Å². The van der Waals surface area contributed by atoms with Crippen molar-refractivity contribution in [3.8, 4) is 0 Å². The molecule has 1 aliphatic rings. The third-order valence-electron chi connectivity index (χ3n) is 3.07. The van der Waals surface area contributed by atoms with E-state index in [9.17, 15) is 22.8 Å². The van der Waals surface area contributed by atoms with Crippen LogP contribution in [0.3, 0.4) is 0 Å². The molecule has 0 bridgehead atoms. The Kier molecular flexibility index (Phi) is 4.01. The van der Waals surface area contributed by atoms with Gasteiger partial charge in [-0.05, 0) is 6.42 Å². The monoisotopic (exact) mass is 303 g/mol. The number of nitrogens with zero attached hydrogens (tertiary/aromatic N) is 3. The van der Waals surface area contributed by atoms with Crippen LogP contribution in [-0.4, -0.2) is 39.9 Å². The SMILES string of the molecule is O=C(O)Cn1ccnc(N2CC=C(C(F)(F)F)CC2)c1=O. The molecule has 114 valence electrons. The average Bonchev–Trinajstić information content (AvgIpc) is 2.40. The second-order valence-electron chi connectivity index (χ2n) is 4.50. The fourth-order valence-electron chi connectivity index (χ4n) is 2.04. The fraction of sp³-hybridized carbons (Fsp3) is 0.417. The number of carbonyl (C=O) groups is 1. The first-order chi connectivity index (χ1) is 9.79. The minimum atomic E-state index is -4.36. The molecular weight excluding hydrogens is 291 g/mol. The predicted molar refractivity (Wildman–Crippen MR) is 67.1 cm³/mol. The van der Waals surface area contributed by atoms with Gasteiger partial charge in [0, 0.05) is 31.1 Å². The summed E-state index contributed by atoms with van der Waals surface area (Å²) in [6.45, 7) is -0.606. The van der Waals surface area contributed by atoms with E-state index >= 15 is 0 Å². The van der Waals surface area contributed by atoms with Crippen molar-refractivity contribution in [2.75, 3.05) is 18.0 Å². The molecule has 2 heterocycles. The van der Waals surface area contributed by atoms with E-state index in [-0.39, 0.29) is 25.3 Å². The maximum Gasteiger partial charge on any atom is 0.412 e. The lowest BCUT2D eigenvalue weighted by Gasteiger charge is -2.27. The highest BCUT2D eigenvalue weighted by Gasteiger charge is 2.35. The molecule has 2 rings (SSSR count). The lowest BCUT2D eigenvalue weighted by Crippen LogP contribution is -2.38. The van der Waals surface area contributed by atoms with Gasteiger partial charge < -0.3 is 10.0 Å². The minimum Gasteiger partial charge on any atom is -0.480 e. The quantitative estimate of drug-likeness (QED) is 0.844. The number of halogens is 3. The number of hydrogen-bond donors (Lipinski definition) is 1. The van der Waals surface area contributed by atoms with Crippen molar-refractivity contribution in [1.82, 2.24) is 9.55 Å². The van der Waals surface area contributed by atoms with Gasteiger partial charge in [0.05, 0.1) is 0 Å². The molecule has 1 aromatic heterocycles. The summed E-state index contributed by atoms with van der Waals surface area (Å²) >= 11 is 0.